The van der Waals surface area contributed by atoms with Crippen molar-refractivity contribution in [1.29, 1.82) is 0 Å². The van der Waals surface area contributed by atoms with Gasteiger partial charge in [-0.3, -0.25) is 0 Å². The van der Waals surface area contributed by atoms with Crippen LogP contribution in [0.2, 0.25) is 0 Å². The largest absolute Gasteiger partial charge is 4.00 e. The van der Waals surface area contributed by atoms with Crippen molar-refractivity contribution in [2.24, 2.45) is 0 Å². The summed E-state index contributed by atoms with van der Waals surface area (Å²) in [5, 5.41) is 38.8. The third-order valence-corrected chi connectivity index (χ3v) is 1.29. The van der Waals surface area contributed by atoms with Gasteiger partial charge in [0.2, 0.25) is 0 Å². The van der Waals surface area contributed by atoms with E-state index in [1.165, 1.54) is 0 Å². The van der Waals surface area contributed by atoms with E-state index in [0.29, 0.717) is 0 Å². The number of carboxylic acids is 4. The van der Waals surface area contributed by atoms with Crippen LogP contribution in [0, 0.1) is 0 Å². The average Bonchev–Trinajstić information content (AvgIpc) is 2.16. The molecule has 0 rings (SSSR count). The normalized spacial score (nSPS) is 8.00. The Morgan fingerprint density at radius 2 is 0.895 bits per heavy atom. The predicted octanol–water partition coefficient (Wildman–Crippen LogP) is -5.52. The Bertz CT molecular complexity index is 360. The molecular formula is C10H8O8Sn. The van der Waals surface area contributed by atoms with Crippen LogP contribution in [0.5, 0.6) is 0 Å². The van der Waals surface area contributed by atoms with Gasteiger partial charge < -0.3 is 39.6 Å². The Morgan fingerprint density at radius 3 is 0.947 bits per heavy atom. The zero-order chi connectivity index (χ0) is 14.9. The van der Waals surface area contributed by atoms with Crippen LogP contribution >= 0.6 is 0 Å². The Balaban J connectivity index is -0.000000256. The van der Waals surface area contributed by atoms with Crippen molar-refractivity contribution in [2.45, 2.75) is 12.8 Å². The molecule has 0 aliphatic carbocycles. The summed E-state index contributed by atoms with van der Waals surface area (Å²) in [6.45, 7) is 5.82. The van der Waals surface area contributed by atoms with Gasteiger partial charge in [0.05, 0.1) is 11.9 Å². The van der Waals surface area contributed by atoms with E-state index >= 15 is 0 Å². The molecule has 0 amide bonds. The summed E-state index contributed by atoms with van der Waals surface area (Å²) in [5.74, 6) is -6.05. The van der Waals surface area contributed by atoms with E-state index in [-0.39, 0.29) is 23.9 Å². The molecule has 0 bridgehead atoms. The fourth-order valence-electron chi connectivity index (χ4n) is 0.493. The van der Waals surface area contributed by atoms with Crippen molar-refractivity contribution in [1.82, 2.24) is 0 Å². The molecule has 0 aliphatic heterocycles. The molecule has 0 unspecified atom stereocenters. The summed E-state index contributed by atoms with van der Waals surface area (Å²) < 4.78 is 0. The molecule has 19 heavy (non-hydrogen) atoms. The predicted molar refractivity (Wildman–Crippen MR) is 53.3 cm³/mol. The number of hydrogen-bond acceptors (Lipinski definition) is 8. The summed E-state index contributed by atoms with van der Waals surface area (Å²) in [6, 6.07) is 0. The quantitative estimate of drug-likeness (QED) is 0.328. The second kappa shape index (κ2) is 11.3. The van der Waals surface area contributed by atoms with Crippen LogP contribution in [0.15, 0.2) is 24.3 Å². The van der Waals surface area contributed by atoms with Gasteiger partial charge in [0.25, 0.3) is 0 Å². The number of rotatable bonds is 6. The van der Waals surface area contributed by atoms with Crippen LogP contribution in [0.25, 0.3) is 0 Å². The molecular weight excluding hydrogens is 367 g/mol. The van der Waals surface area contributed by atoms with Crippen LogP contribution in [-0.2, 0) is 19.2 Å². The molecule has 0 aromatic rings. The Morgan fingerprint density at radius 1 is 0.684 bits per heavy atom. The van der Waals surface area contributed by atoms with Crippen molar-refractivity contribution in [3.8, 4) is 0 Å². The second-order valence-electron chi connectivity index (χ2n) is 2.88. The van der Waals surface area contributed by atoms with E-state index in [9.17, 15) is 39.6 Å². The second-order valence-corrected chi connectivity index (χ2v) is 2.88. The van der Waals surface area contributed by atoms with E-state index in [1.807, 2.05) is 0 Å². The maximum absolute atomic E-state index is 9.73. The molecule has 0 saturated heterocycles. The zero-order valence-corrected chi connectivity index (χ0v) is 12.4. The van der Waals surface area contributed by atoms with E-state index in [1.54, 1.807) is 0 Å². The molecule has 0 aromatic carbocycles. The van der Waals surface area contributed by atoms with Gasteiger partial charge in [-0.25, -0.2) is 0 Å². The number of aliphatic carboxylic acids is 4. The van der Waals surface area contributed by atoms with E-state index in [0.717, 1.165) is 0 Å². The first-order chi connectivity index (χ1) is 8.07. The molecule has 0 aromatic heterocycles. The van der Waals surface area contributed by atoms with Crippen molar-refractivity contribution >= 4 is 47.8 Å². The third-order valence-electron chi connectivity index (χ3n) is 1.29. The van der Waals surface area contributed by atoms with Crippen LogP contribution in [0.3, 0.4) is 0 Å². The fraction of sp³-hybridized carbons (Fsp3) is 0.200. The van der Waals surface area contributed by atoms with E-state index in [4.69, 9.17) is 0 Å². The topological polar surface area (TPSA) is 161 Å². The van der Waals surface area contributed by atoms with Crippen LogP contribution in [0.4, 0.5) is 0 Å². The third kappa shape index (κ3) is 16.2. The molecule has 0 spiro atoms. The van der Waals surface area contributed by atoms with Gasteiger partial charge in [0.15, 0.2) is 0 Å². The van der Waals surface area contributed by atoms with E-state index < -0.39 is 47.9 Å². The van der Waals surface area contributed by atoms with Crippen molar-refractivity contribution in [3.05, 3.63) is 24.3 Å². The molecule has 0 heterocycles. The number of carboxylic acid groups (broad SMARTS) is 4. The first-order valence-corrected chi connectivity index (χ1v) is 4.25. The minimum absolute atomic E-state index is 0. The van der Waals surface area contributed by atoms with Crippen LogP contribution in [-0.4, -0.2) is 47.8 Å². The van der Waals surface area contributed by atoms with E-state index in [2.05, 4.69) is 13.2 Å². The molecule has 0 fully saturated rings. The Hall–Kier alpha value is -1.84. The monoisotopic (exact) mass is 376 g/mol. The van der Waals surface area contributed by atoms with Gasteiger partial charge in [-0.1, -0.05) is 13.2 Å². The minimum Gasteiger partial charge on any atom is -0.550 e. The fourth-order valence-corrected chi connectivity index (χ4v) is 0.493. The molecule has 0 N–H and O–H groups in total. The van der Waals surface area contributed by atoms with Crippen molar-refractivity contribution in [2.75, 3.05) is 0 Å². The van der Waals surface area contributed by atoms with Crippen LogP contribution < -0.4 is 20.4 Å². The number of carbonyl (C=O) groups is 4. The summed E-state index contributed by atoms with van der Waals surface area (Å²) >= 11 is 0. The van der Waals surface area contributed by atoms with Crippen molar-refractivity contribution in [3.63, 3.8) is 0 Å². The minimum atomic E-state index is -1.56. The van der Waals surface area contributed by atoms with Gasteiger partial charge in [-0.2, -0.15) is 0 Å². The van der Waals surface area contributed by atoms with Crippen molar-refractivity contribution < 1.29 is 39.6 Å². The van der Waals surface area contributed by atoms with Gasteiger partial charge in [-0.15, -0.1) is 0 Å². The standard InChI is InChI=1S/2C5H6O4.Sn/c2*1-3(5(8)9)2-4(6)7;/h2*1-2H2,(H,6,7)(H,8,9);/q;;+4/p-4. The van der Waals surface area contributed by atoms with Gasteiger partial charge in [0.1, 0.15) is 0 Å². The maximum Gasteiger partial charge on any atom is 4.00 e. The van der Waals surface area contributed by atoms with Crippen LogP contribution in [0.1, 0.15) is 12.8 Å². The summed E-state index contributed by atoms with van der Waals surface area (Å²) in [4.78, 5) is 38.8. The summed E-state index contributed by atoms with van der Waals surface area (Å²) in [5.41, 5.74) is -0.954. The first-order valence-electron chi connectivity index (χ1n) is 4.25. The molecule has 8 nitrogen and oxygen atoms in total. The molecule has 100 valence electrons. The number of carbonyl (C=O) groups excluding carboxylic acids is 4. The summed E-state index contributed by atoms with van der Waals surface area (Å²) in [6.07, 6.45) is -1.36. The Kier molecular flexibility index (Phi) is 13.2. The summed E-state index contributed by atoms with van der Waals surface area (Å²) in [7, 11) is 0. The molecule has 0 radical (unpaired) electrons. The maximum atomic E-state index is 9.73. The Labute approximate surface area is 125 Å². The SMILES string of the molecule is C=C(CC(=O)[O-])C(=O)[O-].C=C(CC(=O)[O-])C(=O)[O-].[Sn+4]. The zero-order valence-electron chi connectivity index (χ0n) is 9.59. The van der Waals surface area contributed by atoms with Gasteiger partial charge in [-0.05, 0) is 11.1 Å². The van der Waals surface area contributed by atoms with Gasteiger partial charge in [0, 0.05) is 24.8 Å². The average molecular weight is 375 g/mol. The van der Waals surface area contributed by atoms with Gasteiger partial charge >= 0.3 is 23.9 Å². The number of hydrogen-bond donors (Lipinski definition) is 0. The molecule has 0 atom stereocenters. The first kappa shape index (κ1) is 22.3. The molecule has 9 heteroatoms. The smallest absolute Gasteiger partial charge is 0.550 e. The molecule has 0 aliphatic rings. The molecule has 0 saturated carbocycles.